The molecule has 1 aliphatic heterocycles. The van der Waals surface area contributed by atoms with Gasteiger partial charge in [0, 0.05) is 23.2 Å². The Kier molecular flexibility index (Phi) is 4.88. The average molecular weight is 360 g/mol. The van der Waals surface area contributed by atoms with E-state index in [0.29, 0.717) is 11.3 Å². The molecule has 26 heavy (non-hydrogen) atoms. The van der Waals surface area contributed by atoms with E-state index < -0.39 is 23.4 Å². The SMILES string of the molecule is CC1Oc2c(C(=O)NCC(=O)Nc3ccc(F)c(F)c3)cccc2C1C. The third kappa shape index (κ3) is 3.51. The molecule has 3 rings (SSSR count). The molecular weight excluding hydrogens is 342 g/mol. The van der Waals surface area contributed by atoms with Crippen LogP contribution in [0.3, 0.4) is 0 Å². The minimum Gasteiger partial charge on any atom is -0.489 e. The van der Waals surface area contributed by atoms with Crippen LogP contribution >= 0.6 is 0 Å². The van der Waals surface area contributed by atoms with Gasteiger partial charge in [-0.1, -0.05) is 19.1 Å². The Labute approximate surface area is 149 Å². The van der Waals surface area contributed by atoms with Crippen molar-refractivity contribution in [3.05, 3.63) is 59.2 Å². The molecule has 1 heterocycles. The maximum atomic E-state index is 13.1. The van der Waals surface area contributed by atoms with Gasteiger partial charge in [0.05, 0.1) is 12.1 Å². The van der Waals surface area contributed by atoms with Crippen LogP contribution in [0.4, 0.5) is 14.5 Å². The van der Waals surface area contributed by atoms with Crippen LogP contribution in [0, 0.1) is 11.6 Å². The highest BCUT2D eigenvalue weighted by Crippen LogP contribution is 2.40. The summed E-state index contributed by atoms with van der Waals surface area (Å²) in [7, 11) is 0. The molecule has 0 spiro atoms. The number of carbonyl (C=O) groups excluding carboxylic acids is 2. The van der Waals surface area contributed by atoms with E-state index in [1.165, 1.54) is 6.07 Å². The minimum atomic E-state index is -1.06. The van der Waals surface area contributed by atoms with Crippen molar-refractivity contribution < 1.29 is 23.1 Å². The van der Waals surface area contributed by atoms with Crippen LogP contribution in [0.5, 0.6) is 5.75 Å². The third-order valence-electron chi connectivity index (χ3n) is 4.40. The van der Waals surface area contributed by atoms with Crippen LogP contribution < -0.4 is 15.4 Å². The van der Waals surface area contributed by atoms with Gasteiger partial charge in [-0.05, 0) is 25.1 Å². The van der Waals surface area contributed by atoms with Crippen LogP contribution in [-0.4, -0.2) is 24.5 Å². The lowest BCUT2D eigenvalue weighted by Crippen LogP contribution is -2.33. The van der Waals surface area contributed by atoms with E-state index in [4.69, 9.17) is 4.74 Å². The largest absolute Gasteiger partial charge is 0.489 e. The molecule has 0 bridgehead atoms. The lowest BCUT2D eigenvalue weighted by Gasteiger charge is -2.10. The first-order valence-electron chi connectivity index (χ1n) is 8.19. The highest BCUT2D eigenvalue weighted by molar-refractivity contribution is 6.01. The number of halogens is 2. The molecule has 1 aliphatic rings. The first-order chi connectivity index (χ1) is 12.4. The molecule has 0 saturated heterocycles. The van der Waals surface area contributed by atoms with Gasteiger partial charge in [0.1, 0.15) is 11.9 Å². The number of carbonyl (C=O) groups is 2. The highest BCUT2D eigenvalue weighted by atomic mass is 19.2. The molecule has 7 heteroatoms. The van der Waals surface area contributed by atoms with E-state index in [0.717, 1.165) is 17.7 Å². The predicted octanol–water partition coefficient (Wildman–Crippen LogP) is 3.22. The highest BCUT2D eigenvalue weighted by Gasteiger charge is 2.31. The lowest BCUT2D eigenvalue weighted by molar-refractivity contribution is -0.115. The summed E-state index contributed by atoms with van der Waals surface area (Å²) < 4.78 is 31.8. The summed E-state index contributed by atoms with van der Waals surface area (Å²) in [4.78, 5) is 24.3. The van der Waals surface area contributed by atoms with Gasteiger partial charge in [-0.2, -0.15) is 0 Å². The topological polar surface area (TPSA) is 67.4 Å². The van der Waals surface area contributed by atoms with Gasteiger partial charge in [0.25, 0.3) is 5.91 Å². The second-order valence-corrected chi connectivity index (χ2v) is 6.20. The molecule has 2 atom stereocenters. The van der Waals surface area contributed by atoms with Crippen LogP contribution in [0.2, 0.25) is 0 Å². The molecule has 2 aromatic carbocycles. The molecule has 5 nitrogen and oxygen atoms in total. The Morgan fingerprint density at radius 2 is 1.88 bits per heavy atom. The van der Waals surface area contributed by atoms with Gasteiger partial charge in [0.2, 0.25) is 5.91 Å². The maximum Gasteiger partial charge on any atom is 0.255 e. The summed E-state index contributed by atoms with van der Waals surface area (Å²) in [5, 5.41) is 4.90. The number of nitrogens with one attached hydrogen (secondary N) is 2. The third-order valence-corrected chi connectivity index (χ3v) is 4.40. The van der Waals surface area contributed by atoms with E-state index in [-0.39, 0.29) is 24.3 Å². The molecule has 0 fully saturated rings. The zero-order valence-electron chi connectivity index (χ0n) is 14.3. The van der Waals surface area contributed by atoms with Crippen LogP contribution in [0.1, 0.15) is 35.7 Å². The molecule has 0 aromatic heterocycles. The molecule has 2 N–H and O–H groups in total. The van der Waals surface area contributed by atoms with Gasteiger partial charge in [0.15, 0.2) is 11.6 Å². The Hall–Kier alpha value is -2.96. The fourth-order valence-electron chi connectivity index (χ4n) is 2.80. The first kappa shape index (κ1) is 17.8. The van der Waals surface area contributed by atoms with Gasteiger partial charge in [-0.25, -0.2) is 8.78 Å². The van der Waals surface area contributed by atoms with Crippen molar-refractivity contribution in [1.29, 1.82) is 0 Å². The van der Waals surface area contributed by atoms with Crippen molar-refractivity contribution in [3.8, 4) is 5.75 Å². The number of anilines is 1. The van der Waals surface area contributed by atoms with Crippen molar-refractivity contribution in [1.82, 2.24) is 5.32 Å². The van der Waals surface area contributed by atoms with Gasteiger partial charge in [-0.3, -0.25) is 9.59 Å². The summed E-state index contributed by atoms with van der Waals surface area (Å²) >= 11 is 0. The normalized spacial score (nSPS) is 18.0. The Balaban J connectivity index is 1.63. The molecule has 2 amide bonds. The summed E-state index contributed by atoms with van der Waals surface area (Å²) in [5.74, 6) is -2.35. The molecule has 136 valence electrons. The molecule has 0 aliphatic carbocycles. The van der Waals surface area contributed by atoms with Crippen molar-refractivity contribution in [2.24, 2.45) is 0 Å². The molecule has 0 radical (unpaired) electrons. The Morgan fingerprint density at radius 1 is 1.12 bits per heavy atom. The fraction of sp³-hybridized carbons (Fsp3) is 0.263. The number of hydrogen-bond acceptors (Lipinski definition) is 3. The summed E-state index contributed by atoms with van der Waals surface area (Å²) in [6.45, 7) is 3.64. The summed E-state index contributed by atoms with van der Waals surface area (Å²) in [6, 6.07) is 8.33. The smallest absolute Gasteiger partial charge is 0.255 e. The molecule has 2 aromatic rings. The number of ether oxygens (including phenoxy) is 1. The van der Waals surface area contributed by atoms with E-state index in [1.807, 2.05) is 19.9 Å². The summed E-state index contributed by atoms with van der Waals surface area (Å²) in [6.07, 6.45) is -0.0318. The van der Waals surface area contributed by atoms with E-state index in [1.54, 1.807) is 12.1 Å². The zero-order valence-corrected chi connectivity index (χ0v) is 14.3. The van der Waals surface area contributed by atoms with Crippen LogP contribution in [0.15, 0.2) is 36.4 Å². The van der Waals surface area contributed by atoms with Gasteiger partial charge < -0.3 is 15.4 Å². The van der Waals surface area contributed by atoms with Crippen molar-refractivity contribution in [3.63, 3.8) is 0 Å². The number of hydrogen-bond donors (Lipinski definition) is 2. The van der Waals surface area contributed by atoms with E-state index >= 15 is 0 Å². The lowest BCUT2D eigenvalue weighted by atomic mass is 9.97. The monoisotopic (exact) mass is 360 g/mol. The molecular formula is C19H18F2N2O3. The molecule has 0 saturated carbocycles. The Morgan fingerprint density at radius 3 is 2.62 bits per heavy atom. The van der Waals surface area contributed by atoms with Crippen molar-refractivity contribution in [2.45, 2.75) is 25.9 Å². The van der Waals surface area contributed by atoms with Crippen molar-refractivity contribution >= 4 is 17.5 Å². The standard InChI is InChI=1S/C19H18F2N2O3/c1-10-11(2)26-18-13(10)4-3-5-14(18)19(25)22-9-17(24)23-12-6-7-15(20)16(21)8-12/h3-8,10-11H,9H2,1-2H3,(H,22,25)(H,23,24). The maximum absolute atomic E-state index is 13.1. The van der Waals surface area contributed by atoms with Gasteiger partial charge in [-0.15, -0.1) is 0 Å². The fourth-order valence-corrected chi connectivity index (χ4v) is 2.80. The van der Waals surface area contributed by atoms with Crippen molar-refractivity contribution in [2.75, 3.05) is 11.9 Å². The minimum absolute atomic E-state index is 0.0318. The molecule has 2 unspecified atom stereocenters. The number of para-hydroxylation sites is 1. The van der Waals surface area contributed by atoms with E-state index in [2.05, 4.69) is 10.6 Å². The average Bonchev–Trinajstić information content (AvgIpc) is 2.90. The number of rotatable bonds is 4. The number of benzene rings is 2. The predicted molar refractivity (Wildman–Crippen MR) is 92.3 cm³/mol. The quantitative estimate of drug-likeness (QED) is 0.880. The summed E-state index contributed by atoms with van der Waals surface area (Å²) in [5.41, 5.74) is 1.42. The van der Waals surface area contributed by atoms with Gasteiger partial charge >= 0.3 is 0 Å². The second kappa shape index (κ2) is 7.11. The Bertz CT molecular complexity index is 870. The van der Waals surface area contributed by atoms with Crippen LogP contribution in [0.25, 0.3) is 0 Å². The number of amides is 2. The van der Waals surface area contributed by atoms with E-state index in [9.17, 15) is 18.4 Å². The zero-order chi connectivity index (χ0) is 18.8. The van der Waals surface area contributed by atoms with Crippen LogP contribution in [-0.2, 0) is 4.79 Å². The second-order valence-electron chi connectivity index (χ2n) is 6.20. The number of fused-ring (bicyclic) bond motifs is 1. The first-order valence-corrected chi connectivity index (χ1v) is 8.19.